The van der Waals surface area contributed by atoms with Gasteiger partial charge >= 0.3 is 0 Å². The lowest BCUT2D eigenvalue weighted by molar-refractivity contribution is 0.434. The van der Waals surface area contributed by atoms with E-state index in [0.717, 1.165) is 12.1 Å². The second-order valence-corrected chi connectivity index (χ2v) is 2.75. The predicted octanol–water partition coefficient (Wildman–Crippen LogP) is 2.75. The van der Waals surface area contributed by atoms with Gasteiger partial charge in [0.1, 0.15) is 11.6 Å². The van der Waals surface area contributed by atoms with Gasteiger partial charge in [-0.3, -0.25) is 4.39 Å². The number of benzene rings is 1. The molecule has 5 heteroatoms. The van der Waals surface area contributed by atoms with Crippen molar-refractivity contribution in [2.75, 3.05) is 6.67 Å². The zero-order chi connectivity index (χ0) is 9.84. The molecule has 2 N–H and O–H groups in total. The van der Waals surface area contributed by atoms with Crippen LogP contribution in [0.2, 0.25) is 0 Å². The summed E-state index contributed by atoms with van der Waals surface area (Å²) in [7, 11) is 0. The SMILES string of the molecule is Cl.N[C@@H](CCF)c1ccc(F)cc1F. The molecule has 1 aromatic rings. The lowest BCUT2D eigenvalue weighted by Gasteiger charge is -2.10. The average molecular weight is 226 g/mol. The summed E-state index contributed by atoms with van der Waals surface area (Å²) < 4.78 is 37.3. The van der Waals surface area contributed by atoms with Gasteiger partial charge < -0.3 is 5.73 Å². The maximum Gasteiger partial charge on any atom is 0.130 e. The molecule has 0 amide bonds. The molecule has 0 radical (unpaired) electrons. The predicted molar refractivity (Wildman–Crippen MR) is 51.1 cm³/mol. The third kappa shape index (κ3) is 3.20. The minimum Gasteiger partial charge on any atom is -0.324 e. The van der Waals surface area contributed by atoms with E-state index in [0.29, 0.717) is 0 Å². The van der Waals surface area contributed by atoms with Gasteiger partial charge in [-0.15, -0.1) is 12.4 Å². The fourth-order valence-corrected chi connectivity index (χ4v) is 1.08. The largest absolute Gasteiger partial charge is 0.324 e. The molecule has 1 aromatic carbocycles. The lowest BCUT2D eigenvalue weighted by atomic mass is 10.0. The highest BCUT2D eigenvalue weighted by molar-refractivity contribution is 5.85. The molecule has 0 heterocycles. The smallest absolute Gasteiger partial charge is 0.130 e. The quantitative estimate of drug-likeness (QED) is 0.841. The zero-order valence-electron chi connectivity index (χ0n) is 7.34. The summed E-state index contributed by atoms with van der Waals surface area (Å²) >= 11 is 0. The Labute approximate surface area is 86.5 Å². The van der Waals surface area contributed by atoms with Crippen LogP contribution in [0.5, 0.6) is 0 Å². The number of nitrogens with two attached hydrogens (primary N) is 1. The van der Waals surface area contributed by atoms with Crippen molar-refractivity contribution in [2.45, 2.75) is 12.5 Å². The van der Waals surface area contributed by atoms with Crippen LogP contribution in [0.3, 0.4) is 0 Å². The van der Waals surface area contributed by atoms with E-state index in [-0.39, 0.29) is 24.4 Å². The van der Waals surface area contributed by atoms with Gasteiger partial charge in [0.05, 0.1) is 6.67 Å². The number of hydrogen-bond acceptors (Lipinski definition) is 1. The summed E-state index contributed by atoms with van der Waals surface area (Å²) in [5.41, 5.74) is 5.61. The molecule has 0 aliphatic carbocycles. The van der Waals surface area contributed by atoms with Gasteiger partial charge in [0.25, 0.3) is 0 Å². The highest BCUT2D eigenvalue weighted by Gasteiger charge is 2.11. The molecule has 1 atom stereocenters. The summed E-state index contributed by atoms with van der Waals surface area (Å²) in [6, 6.07) is 2.39. The Morgan fingerprint density at radius 1 is 1.29 bits per heavy atom. The van der Waals surface area contributed by atoms with E-state index in [1.54, 1.807) is 0 Å². The normalized spacial score (nSPS) is 12.0. The second-order valence-electron chi connectivity index (χ2n) is 2.75. The van der Waals surface area contributed by atoms with Crippen molar-refractivity contribution in [1.29, 1.82) is 0 Å². The average Bonchev–Trinajstić information content (AvgIpc) is 2.04. The molecule has 0 spiro atoms. The monoisotopic (exact) mass is 225 g/mol. The first kappa shape index (κ1) is 13.3. The first-order valence-corrected chi connectivity index (χ1v) is 3.91. The number of rotatable bonds is 3. The highest BCUT2D eigenvalue weighted by Crippen LogP contribution is 2.18. The fraction of sp³-hybridized carbons (Fsp3) is 0.333. The maximum atomic E-state index is 13.0. The maximum absolute atomic E-state index is 13.0. The molecule has 0 saturated heterocycles. The van der Waals surface area contributed by atoms with Crippen LogP contribution in [0.15, 0.2) is 18.2 Å². The fourth-order valence-electron chi connectivity index (χ4n) is 1.08. The Morgan fingerprint density at radius 3 is 2.43 bits per heavy atom. The first-order valence-electron chi connectivity index (χ1n) is 3.91. The van der Waals surface area contributed by atoms with Crippen molar-refractivity contribution in [3.8, 4) is 0 Å². The Balaban J connectivity index is 0.00000169. The van der Waals surface area contributed by atoms with E-state index in [4.69, 9.17) is 5.73 Å². The van der Waals surface area contributed by atoms with Gasteiger partial charge in [0.2, 0.25) is 0 Å². The van der Waals surface area contributed by atoms with Crippen LogP contribution in [0.25, 0.3) is 0 Å². The van der Waals surface area contributed by atoms with Crippen LogP contribution < -0.4 is 5.73 Å². The third-order valence-electron chi connectivity index (χ3n) is 1.78. The first-order chi connectivity index (χ1) is 6.15. The van der Waals surface area contributed by atoms with Gasteiger partial charge in [-0.05, 0) is 12.5 Å². The third-order valence-corrected chi connectivity index (χ3v) is 1.78. The van der Waals surface area contributed by atoms with Crippen LogP contribution >= 0.6 is 12.4 Å². The minimum atomic E-state index is -0.721. The van der Waals surface area contributed by atoms with Crippen molar-refractivity contribution in [3.05, 3.63) is 35.4 Å². The van der Waals surface area contributed by atoms with Crippen LogP contribution in [-0.4, -0.2) is 6.67 Å². The summed E-state index contributed by atoms with van der Waals surface area (Å²) in [4.78, 5) is 0. The van der Waals surface area contributed by atoms with E-state index in [1.807, 2.05) is 0 Å². The molecule has 0 aliphatic rings. The van der Waals surface area contributed by atoms with Crippen LogP contribution in [0.1, 0.15) is 18.0 Å². The van der Waals surface area contributed by atoms with Crippen LogP contribution in [-0.2, 0) is 0 Å². The molecule has 0 saturated carbocycles. The van der Waals surface area contributed by atoms with Crippen molar-refractivity contribution < 1.29 is 13.2 Å². The molecular weight excluding hydrogens is 215 g/mol. The lowest BCUT2D eigenvalue weighted by Crippen LogP contribution is -2.12. The molecular formula is C9H11ClF3N. The number of alkyl halides is 1. The van der Waals surface area contributed by atoms with Gasteiger partial charge in [0, 0.05) is 17.7 Å². The van der Waals surface area contributed by atoms with Gasteiger partial charge in [0.15, 0.2) is 0 Å². The Kier molecular flexibility index (Phi) is 5.57. The van der Waals surface area contributed by atoms with Crippen LogP contribution in [0, 0.1) is 11.6 Å². The number of hydrogen-bond donors (Lipinski definition) is 1. The molecule has 0 unspecified atom stereocenters. The molecule has 0 aliphatic heterocycles. The van der Waals surface area contributed by atoms with E-state index in [9.17, 15) is 13.2 Å². The minimum absolute atomic E-state index is 0. The zero-order valence-corrected chi connectivity index (χ0v) is 8.16. The van der Waals surface area contributed by atoms with Crippen molar-refractivity contribution in [2.24, 2.45) is 5.73 Å². The summed E-state index contributed by atoms with van der Waals surface area (Å²) in [5, 5.41) is 0. The van der Waals surface area contributed by atoms with Crippen molar-refractivity contribution >= 4 is 12.4 Å². The topological polar surface area (TPSA) is 26.0 Å². The van der Waals surface area contributed by atoms with E-state index in [1.165, 1.54) is 6.07 Å². The van der Waals surface area contributed by atoms with Gasteiger partial charge in [-0.2, -0.15) is 0 Å². The van der Waals surface area contributed by atoms with Crippen molar-refractivity contribution in [3.63, 3.8) is 0 Å². The van der Waals surface area contributed by atoms with Crippen LogP contribution in [0.4, 0.5) is 13.2 Å². The summed E-state index contributed by atoms with van der Waals surface area (Å²) in [6.45, 7) is -0.613. The van der Waals surface area contributed by atoms with E-state index >= 15 is 0 Å². The van der Waals surface area contributed by atoms with E-state index < -0.39 is 24.4 Å². The summed E-state index contributed by atoms with van der Waals surface area (Å²) in [6.07, 6.45) is 0.0442. The van der Waals surface area contributed by atoms with Gasteiger partial charge in [-0.25, -0.2) is 8.78 Å². The molecule has 0 fully saturated rings. The molecule has 1 rings (SSSR count). The number of halogens is 4. The summed E-state index contributed by atoms with van der Waals surface area (Å²) in [5.74, 6) is -1.38. The molecule has 1 nitrogen and oxygen atoms in total. The Hall–Kier alpha value is -0.740. The van der Waals surface area contributed by atoms with Gasteiger partial charge in [-0.1, -0.05) is 6.07 Å². The van der Waals surface area contributed by atoms with E-state index in [2.05, 4.69) is 0 Å². The highest BCUT2D eigenvalue weighted by atomic mass is 35.5. The van der Waals surface area contributed by atoms with Crippen molar-refractivity contribution in [1.82, 2.24) is 0 Å². The Bertz CT molecular complexity index is 293. The second kappa shape index (κ2) is 5.88. The molecule has 80 valence electrons. The molecule has 0 bridgehead atoms. The Morgan fingerprint density at radius 2 is 1.93 bits per heavy atom. The molecule has 0 aromatic heterocycles. The molecule has 14 heavy (non-hydrogen) atoms. The standard InChI is InChI=1S/C9H10F3N.ClH/c10-4-3-9(13)7-2-1-6(11)5-8(7)12;/h1-2,5,9H,3-4,13H2;1H/t9-;/m0./s1.